The van der Waals surface area contributed by atoms with E-state index >= 15 is 0 Å². The van der Waals surface area contributed by atoms with E-state index in [0.717, 1.165) is 41.4 Å². The lowest BCUT2D eigenvalue weighted by molar-refractivity contribution is -0.143. The monoisotopic (exact) mass is 338 g/mol. The first-order chi connectivity index (χ1) is 12.0. The number of rotatable bonds is 3. The minimum Gasteiger partial charge on any atom is -0.481 e. The van der Waals surface area contributed by atoms with Crippen LogP contribution in [0.5, 0.6) is 0 Å². The number of hydrogen-bond donors (Lipinski definition) is 1. The van der Waals surface area contributed by atoms with Crippen LogP contribution in [0.2, 0.25) is 0 Å². The number of likely N-dealkylation sites (tertiary alicyclic amines) is 1. The van der Waals surface area contributed by atoms with Gasteiger partial charge in [0.1, 0.15) is 0 Å². The van der Waals surface area contributed by atoms with E-state index in [9.17, 15) is 14.7 Å². The Morgan fingerprint density at radius 2 is 2.00 bits per heavy atom. The predicted octanol–water partition coefficient (Wildman–Crippen LogP) is 3.36. The number of nitrogens with zero attached hydrogens (tertiary/aromatic N) is 2. The van der Waals surface area contributed by atoms with Crippen LogP contribution in [0.4, 0.5) is 0 Å². The molecule has 1 saturated heterocycles. The smallest absolute Gasteiger partial charge is 0.308 e. The van der Waals surface area contributed by atoms with Crippen LogP contribution in [-0.4, -0.2) is 40.0 Å². The van der Waals surface area contributed by atoms with Crippen molar-refractivity contribution in [3.05, 3.63) is 41.1 Å². The Bertz CT molecular complexity index is 857. The Morgan fingerprint density at radius 3 is 2.72 bits per heavy atom. The number of pyridine rings is 1. The first-order valence-electron chi connectivity index (χ1n) is 8.96. The number of carboxylic acid groups (broad SMARTS) is 1. The molecule has 5 heteroatoms. The maximum Gasteiger partial charge on any atom is 0.308 e. The van der Waals surface area contributed by atoms with Gasteiger partial charge in [-0.25, -0.2) is 0 Å². The van der Waals surface area contributed by atoms with Gasteiger partial charge in [-0.15, -0.1) is 0 Å². The molecule has 1 aromatic heterocycles. The summed E-state index contributed by atoms with van der Waals surface area (Å²) in [5.41, 5.74) is 3.60. The number of fused-ring (bicyclic) bond motifs is 1. The summed E-state index contributed by atoms with van der Waals surface area (Å²) < 4.78 is 0. The Morgan fingerprint density at radius 1 is 1.20 bits per heavy atom. The topological polar surface area (TPSA) is 70.5 Å². The maximum absolute atomic E-state index is 13.2. The average molecular weight is 338 g/mol. The molecule has 2 aliphatic rings. The van der Waals surface area contributed by atoms with Gasteiger partial charge in [-0.1, -0.05) is 11.6 Å². The number of carboxylic acids is 1. The third-order valence-electron chi connectivity index (χ3n) is 5.27. The number of carbonyl (C=O) groups is 2. The van der Waals surface area contributed by atoms with E-state index in [1.54, 1.807) is 4.90 Å². The fourth-order valence-corrected chi connectivity index (χ4v) is 3.66. The molecule has 1 aliphatic heterocycles. The summed E-state index contributed by atoms with van der Waals surface area (Å²) in [6.07, 6.45) is 3.63. The van der Waals surface area contributed by atoms with E-state index in [1.807, 2.05) is 31.2 Å². The molecule has 5 nitrogen and oxygen atoms in total. The minimum absolute atomic E-state index is 0.0640. The zero-order chi connectivity index (χ0) is 17.6. The van der Waals surface area contributed by atoms with Crippen molar-refractivity contribution in [3.8, 4) is 0 Å². The Labute approximate surface area is 146 Å². The molecule has 1 aromatic carbocycles. The van der Waals surface area contributed by atoms with Crippen LogP contribution in [-0.2, 0) is 4.79 Å². The second-order valence-electron chi connectivity index (χ2n) is 7.32. The largest absolute Gasteiger partial charge is 0.481 e. The lowest BCUT2D eigenvalue weighted by atomic mass is 9.96. The highest BCUT2D eigenvalue weighted by atomic mass is 16.4. The molecule has 1 amide bonds. The molecule has 1 aliphatic carbocycles. The van der Waals surface area contributed by atoms with Crippen LogP contribution < -0.4 is 0 Å². The molecule has 2 fully saturated rings. The van der Waals surface area contributed by atoms with Gasteiger partial charge in [-0.2, -0.15) is 0 Å². The molecule has 0 bridgehead atoms. The van der Waals surface area contributed by atoms with Gasteiger partial charge < -0.3 is 10.0 Å². The molecule has 2 aromatic rings. The first kappa shape index (κ1) is 16.1. The molecular weight excluding hydrogens is 316 g/mol. The number of carbonyl (C=O) groups excluding carboxylic acids is 1. The van der Waals surface area contributed by atoms with Crippen molar-refractivity contribution in [3.63, 3.8) is 0 Å². The van der Waals surface area contributed by atoms with Crippen LogP contribution in [0.3, 0.4) is 0 Å². The Hall–Kier alpha value is -2.43. The van der Waals surface area contributed by atoms with Crippen molar-refractivity contribution in [1.29, 1.82) is 0 Å². The van der Waals surface area contributed by atoms with E-state index in [2.05, 4.69) is 0 Å². The summed E-state index contributed by atoms with van der Waals surface area (Å²) in [5, 5.41) is 10.2. The summed E-state index contributed by atoms with van der Waals surface area (Å²) in [7, 11) is 0. The predicted molar refractivity (Wildman–Crippen MR) is 94.7 cm³/mol. The van der Waals surface area contributed by atoms with Gasteiger partial charge in [0, 0.05) is 30.1 Å². The quantitative estimate of drug-likeness (QED) is 0.931. The van der Waals surface area contributed by atoms with Crippen LogP contribution >= 0.6 is 0 Å². The van der Waals surface area contributed by atoms with Crippen LogP contribution in [0.1, 0.15) is 53.2 Å². The third kappa shape index (κ3) is 3.11. The number of hydrogen-bond acceptors (Lipinski definition) is 3. The van der Waals surface area contributed by atoms with E-state index in [1.165, 1.54) is 0 Å². The first-order valence-corrected chi connectivity index (χ1v) is 8.96. The number of piperidine rings is 1. The molecule has 1 N–H and O–H groups in total. The number of aromatic nitrogens is 1. The lowest BCUT2D eigenvalue weighted by Gasteiger charge is -2.31. The van der Waals surface area contributed by atoms with Crippen LogP contribution in [0.15, 0.2) is 24.3 Å². The molecule has 0 unspecified atom stereocenters. The number of amides is 1. The molecular formula is C20H22N2O3. The normalized spacial score (nSPS) is 20.7. The number of benzene rings is 1. The van der Waals surface area contributed by atoms with E-state index in [0.29, 0.717) is 31.0 Å². The van der Waals surface area contributed by atoms with Gasteiger partial charge >= 0.3 is 5.97 Å². The van der Waals surface area contributed by atoms with Gasteiger partial charge in [-0.3, -0.25) is 14.6 Å². The molecule has 130 valence electrons. The molecule has 4 rings (SSSR count). The zero-order valence-corrected chi connectivity index (χ0v) is 14.4. The Balaban J connectivity index is 1.75. The fourth-order valence-electron chi connectivity index (χ4n) is 3.66. The Kier molecular flexibility index (Phi) is 3.94. The van der Waals surface area contributed by atoms with E-state index < -0.39 is 11.9 Å². The van der Waals surface area contributed by atoms with Gasteiger partial charge in [0.05, 0.1) is 17.0 Å². The fraction of sp³-hybridized carbons (Fsp3) is 0.450. The van der Waals surface area contributed by atoms with Gasteiger partial charge in [0.15, 0.2) is 0 Å². The van der Waals surface area contributed by atoms with Gasteiger partial charge in [0.25, 0.3) is 5.91 Å². The van der Waals surface area contributed by atoms with Crippen molar-refractivity contribution in [1.82, 2.24) is 9.88 Å². The highest BCUT2D eigenvalue weighted by Crippen LogP contribution is 2.40. The van der Waals surface area contributed by atoms with Crippen molar-refractivity contribution in [2.75, 3.05) is 13.1 Å². The van der Waals surface area contributed by atoms with E-state index in [-0.39, 0.29) is 5.91 Å². The maximum atomic E-state index is 13.2. The number of aliphatic carboxylic acids is 1. The van der Waals surface area contributed by atoms with Crippen LogP contribution in [0.25, 0.3) is 10.9 Å². The summed E-state index contributed by atoms with van der Waals surface area (Å²) in [5.74, 6) is -0.877. The second kappa shape index (κ2) is 6.14. The summed E-state index contributed by atoms with van der Waals surface area (Å²) >= 11 is 0. The van der Waals surface area contributed by atoms with Gasteiger partial charge in [-0.05, 0) is 50.8 Å². The molecule has 2 heterocycles. The van der Waals surface area contributed by atoms with Crippen molar-refractivity contribution < 1.29 is 14.7 Å². The van der Waals surface area contributed by atoms with Crippen molar-refractivity contribution in [2.24, 2.45) is 5.92 Å². The summed E-state index contributed by atoms with van der Waals surface area (Å²) in [6.45, 7) is 2.92. The minimum atomic E-state index is -0.813. The van der Waals surface area contributed by atoms with Crippen LogP contribution in [0, 0.1) is 12.8 Å². The highest BCUT2D eigenvalue weighted by Gasteiger charge is 2.31. The molecule has 0 spiro atoms. The molecule has 25 heavy (non-hydrogen) atoms. The lowest BCUT2D eigenvalue weighted by Crippen LogP contribution is -2.42. The third-order valence-corrected chi connectivity index (χ3v) is 5.27. The average Bonchev–Trinajstić information content (AvgIpc) is 3.45. The molecule has 1 atom stereocenters. The highest BCUT2D eigenvalue weighted by molar-refractivity contribution is 6.06. The molecule has 1 saturated carbocycles. The summed E-state index contributed by atoms with van der Waals surface area (Å²) in [4.78, 5) is 31.0. The second-order valence-corrected chi connectivity index (χ2v) is 7.32. The number of aryl methyl sites for hydroxylation is 1. The van der Waals surface area contributed by atoms with Crippen molar-refractivity contribution in [2.45, 2.75) is 38.5 Å². The zero-order valence-electron chi connectivity index (χ0n) is 14.4. The van der Waals surface area contributed by atoms with Crippen molar-refractivity contribution >= 4 is 22.8 Å². The summed E-state index contributed by atoms with van der Waals surface area (Å²) in [6, 6.07) is 7.93. The molecule has 0 radical (unpaired) electrons. The van der Waals surface area contributed by atoms with E-state index in [4.69, 9.17) is 4.98 Å². The van der Waals surface area contributed by atoms with Gasteiger partial charge in [0.2, 0.25) is 0 Å². The SMILES string of the molecule is Cc1ccc2nc(C3CC3)cc(C(=O)N3CCC[C@@H](C(=O)O)C3)c2c1. The standard InChI is InChI=1S/C20H22N2O3/c1-12-4-7-17-15(9-12)16(10-18(21-17)13-5-6-13)19(23)22-8-2-3-14(11-22)20(24)25/h4,7,9-10,13-14H,2-3,5-6,8,11H2,1H3,(H,24,25)/t14-/m1/s1.